The Balaban J connectivity index is 4.59. The van der Waals surface area contributed by atoms with Crippen LogP contribution in [0.25, 0.3) is 0 Å². The van der Waals surface area contributed by atoms with Gasteiger partial charge in [-0.3, -0.25) is 9.59 Å². The van der Waals surface area contributed by atoms with Gasteiger partial charge in [0, 0.05) is 19.3 Å². The summed E-state index contributed by atoms with van der Waals surface area (Å²) < 4.78 is 17.0. The zero-order chi connectivity index (χ0) is 34.3. The quantitative estimate of drug-likeness (QED) is 0.0347. The predicted molar refractivity (Wildman–Crippen MR) is 188 cm³/mol. The minimum Gasteiger partial charge on any atom is -0.477 e. The zero-order valence-corrected chi connectivity index (χ0v) is 30.0. The van der Waals surface area contributed by atoms with Crippen LogP contribution < -0.4 is 0 Å². The van der Waals surface area contributed by atoms with Crippen LogP contribution in [-0.4, -0.2) is 80.6 Å². The highest BCUT2D eigenvalue weighted by atomic mass is 16.6. The maximum Gasteiger partial charge on any atom is 0.362 e. The van der Waals surface area contributed by atoms with E-state index in [1.165, 1.54) is 64.2 Å². The summed E-state index contributed by atoms with van der Waals surface area (Å²) in [7, 11) is 5.48. The number of carboxylic acid groups (broad SMARTS) is 1. The van der Waals surface area contributed by atoms with Gasteiger partial charge in [-0.2, -0.15) is 0 Å². The Morgan fingerprint density at radius 2 is 1.20 bits per heavy atom. The van der Waals surface area contributed by atoms with Crippen molar-refractivity contribution in [2.24, 2.45) is 0 Å². The van der Waals surface area contributed by atoms with Gasteiger partial charge in [0.25, 0.3) is 0 Å². The first-order valence-corrected chi connectivity index (χ1v) is 18.0. The largest absolute Gasteiger partial charge is 0.477 e. The molecule has 0 saturated carbocycles. The van der Waals surface area contributed by atoms with E-state index in [1.807, 2.05) is 27.2 Å². The average Bonchev–Trinajstić information content (AvgIpc) is 3.00. The van der Waals surface area contributed by atoms with E-state index in [0.717, 1.165) is 25.7 Å². The van der Waals surface area contributed by atoms with Gasteiger partial charge in [0.1, 0.15) is 6.61 Å². The number of unbranched alkanes of at least 4 members (excludes halogenated alkanes) is 11. The fourth-order valence-electron chi connectivity index (χ4n) is 4.91. The number of allylic oxidation sites excluding steroid dienone is 6. The van der Waals surface area contributed by atoms with Gasteiger partial charge >= 0.3 is 17.9 Å². The summed E-state index contributed by atoms with van der Waals surface area (Å²) >= 11 is 0. The van der Waals surface area contributed by atoms with Gasteiger partial charge in [0.2, 0.25) is 0 Å². The number of esters is 2. The molecule has 0 amide bonds. The normalized spacial score (nSPS) is 13.5. The number of carbonyl (C=O) groups is 3. The SMILES string of the molecule is CCCCCC/C=C/CCCC(=O)OCC(COCCC(C(=O)O)[N+](C)(C)C)OC(=O)CC/C=C/C/C=C/CCCCCCCC. The monoisotopic (exact) mass is 650 g/mol. The smallest absolute Gasteiger partial charge is 0.362 e. The van der Waals surface area contributed by atoms with Crippen LogP contribution in [0.1, 0.15) is 136 Å². The molecule has 0 fully saturated rings. The molecule has 0 aliphatic heterocycles. The molecule has 0 aromatic rings. The molecule has 1 N–H and O–H groups in total. The Labute approximate surface area is 281 Å². The first-order chi connectivity index (χ1) is 22.1. The molecule has 266 valence electrons. The van der Waals surface area contributed by atoms with Gasteiger partial charge in [0.05, 0.1) is 34.4 Å². The number of rotatable bonds is 31. The number of carbonyl (C=O) groups excluding carboxylic acids is 2. The van der Waals surface area contributed by atoms with Gasteiger partial charge in [0.15, 0.2) is 12.1 Å². The summed E-state index contributed by atoms with van der Waals surface area (Å²) in [5.41, 5.74) is 0. The summed E-state index contributed by atoms with van der Waals surface area (Å²) in [4.78, 5) is 36.6. The Hall–Kier alpha value is -2.45. The van der Waals surface area contributed by atoms with Crippen molar-refractivity contribution in [3.05, 3.63) is 36.5 Å². The number of nitrogens with zero attached hydrogens (tertiary/aromatic N) is 1. The number of hydrogen-bond donors (Lipinski definition) is 1. The highest BCUT2D eigenvalue weighted by Crippen LogP contribution is 2.11. The van der Waals surface area contributed by atoms with Crippen molar-refractivity contribution >= 4 is 17.9 Å². The molecule has 0 spiro atoms. The van der Waals surface area contributed by atoms with E-state index in [4.69, 9.17) is 14.2 Å². The number of likely N-dealkylation sites (N-methyl/N-ethyl adjacent to an activating group) is 1. The molecule has 8 nitrogen and oxygen atoms in total. The lowest BCUT2D eigenvalue weighted by Gasteiger charge is -2.31. The van der Waals surface area contributed by atoms with E-state index >= 15 is 0 Å². The van der Waals surface area contributed by atoms with Crippen LogP contribution in [-0.2, 0) is 28.6 Å². The molecular weight excluding hydrogens is 582 g/mol. The average molecular weight is 651 g/mol. The van der Waals surface area contributed by atoms with Gasteiger partial charge in [-0.25, -0.2) is 4.79 Å². The lowest BCUT2D eigenvalue weighted by atomic mass is 10.1. The van der Waals surface area contributed by atoms with Crippen molar-refractivity contribution < 1.29 is 38.2 Å². The number of quaternary nitrogens is 1. The van der Waals surface area contributed by atoms with Crippen molar-refractivity contribution in [1.82, 2.24) is 0 Å². The molecule has 0 aromatic heterocycles. The standard InChI is InChI=1S/C38H67NO7/c1-6-8-10-12-14-16-17-18-19-21-23-25-27-29-37(41)46-34(32-44-31-30-35(38(42)43)39(3,4)5)33-45-36(40)28-26-24-22-20-15-13-11-9-7-2/h18-20,22-23,25,34-35H,6-17,21,24,26-33H2,1-5H3/p+1/b19-18+,22-20+,25-23+. The third kappa shape index (κ3) is 27.8. The van der Waals surface area contributed by atoms with Crippen LogP contribution in [0.3, 0.4) is 0 Å². The molecule has 46 heavy (non-hydrogen) atoms. The van der Waals surface area contributed by atoms with Crippen molar-refractivity contribution in [2.75, 3.05) is 41.0 Å². The van der Waals surface area contributed by atoms with Gasteiger partial charge in [-0.15, -0.1) is 0 Å². The lowest BCUT2D eigenvalue weighted by Crippen LogP contribution is -2.50. The van der Waals surface area contributed by atoms with E-state index < -0.39 is 18.1 Å². The van der Waals surface area contributed by atoms with Gasteiger partial charge < -0.3 is 23.8 Å². The minimum absolute atomic E-state index is 0.0303. The van der Waals surface area contributed by atoms with Gasteiger partial charge in [-0.1, -0.05) is 102 Å². The van der Waals surface area contributed by atoms with Crippen molar-refractivity contribution in [2.45, 2.75) is 148 Å². The van der Waals surface area contributed by atoms with Crippen LogP contribution in [0.2, 0.25) is 0 Å². The summed E-state index contributed by atoms with van der Waals surface area (Å²) in [5, 5.41) is 9.55. The summed E-state index contributed by atoms with van der Waals surface area (Å²) in [6.45, 7) is 4.57. The Bertz CT molecular complexity index is 860. The predicted octanol–water partition coefficient (Wildman–Crippen LogP) is 8.74. The molecule has 0 heterocycles. The number of aliphatic carboxylic acids is 1. The molecule has 8 heteroatoms. The number of hydrogen-bond acceptors (Lipinski definition) is 6. The third-order valence-corrected chi connectivity index (χ3v) is 7.78. The fourth-order valence-corrected chi connectivity index (χ4v) is 4.91. The van der Waals surface area contributed by atoms with Crippen molar-refractivity contribution in [3.63, 3.8) is 0 Å². The molecule has 0 aliphatic carbocycles. The van der Waals surface area contributed by atoms with Crippen LogP contribution >= 0.6 is 0 Å². The lowest BCUT2D eigenvalue weighted by molar-refractivity contribution is -0.887. The van der Waals surface area contributed by atoms with E-state index in [9.17, 15) is 19.5 Å². The number of carboxylic acids is 1. The fraction of sp³-hybridized carbons (Fsp3) is 0.763. The van der Waals surface area contributed by atoms with Crippen LogP contribution in [0.5, 0.6) is 0 Å². The Morgan fingerprint density at radius 1 is 0.652 bits per heavy atom. The maximum atomic E-state index is 12.6. The van der Waals surface area contributed by atoms with Crippen LogP contribution in [0.4, 0.5) is 0 Å². The molecule has 0 saturated heterocycles. The van der Waals surface area contributed by atoms with E-state index in [1.54, 1.807) is 0 Å². The molecular formula is C38H68NO7+. The van der Waals surface area contributed by atoms with Crippen molar-refractivity contribution in [3.8, 4) is 0 Å². The zero-order valence-electron chi connectivity index (χ0n) is 30.0. The molecule has 0 aromatic carbocycles. The second-order valence-corrected chi connectivity index (χ2v) is 13.1. The molecule has 2 unspecified atom stereocenters. The molecule has 0 bridgehead atoms. The van der Waals surface area contributed by atoms with E-state index in [0.29, 0.717) is 25.7 Å². The molecule has 0 rings (SSSR count). The third-order valence-electron chi connectivity index (χ3n) is 7.78. The molecule has 0 radical (unpaired) electrons. The minimum atomic E-state index is -0.888. The first kappa shape index (κ1) is 43.5. The van der Waals surface area contributed by atoms with Crippen LogP contribution in [0, 0.1) is 0 Å². The second-order valence-electron chi connectivity index (χ2n) is 13.1. The molecule has 0 aliphatic rings. The van der Waals surface area contributed by atoms with E-state index in [2.05, 4.69) is 44.2 Å². The first-order valence-electron chi connectivity index (χ1n) is 18.0. The second kappa shape index (κ2) is 29.9. The summed E-state index contributed by atoms with van der Waals surface area (Å²) in [6, 6.07) is -0.624. The van der Waals surface area contributed by atoms with Gasteiger partial charge in [-0.05, 0) is 51.4 Å². The topological polar surface area (TPSA) is 99.1 Å². The summed E-state index contributed by atoms with van der Waals surface area (Å²) in [5.74, 6) is -1.60. The number of ether oxygens (including phenoxy) is 3. The van der Waals surface area contributed by atoms with E-state index in [-0.39, 0.29) is 42.7 Å². The highest BCUT2D eigenvalue weighted by molar-refractivity contribution is 5.72. The van der Waals surface area contributed by atoms with Crippen molar-refractivity contribution in [1.29, 1.82) is 0 Å². The maximum absolute atomic E-state index is 12.6. The highest BCUT2D eigenvalue weighted by Gasteiger charge is 2.31. The Kier molecular flexibility index (Phi) is 28.3. The van der Waals surface area contributed by atoms with Crippen LogP contribution in [0.15, 0.2) is 36.5 Å². The Morgan fingerprint density at radius 3 is 1.80 bits per heavy atom. The summed E-state index contributed by atoms with van der Waals surface area (Å²) in [6.07, 6.45) is 30.7. The molecule has 2 atom stereocenters.